The van der Waals surface area contributed by atoms with Crippen LogP contribution in [0.1, 0.15) is 78.1 Å². The fourth-order valence-corrected chi connectivity index (χ4v) is 5.77. The monoisotopic (exact) mass is 634 g/mol. The molecule has 0 unspecified atom stereocenters. The van der Waals surface area contributed by atoms with E-state index in [0.717, 1.165) is 83.7 Å². The molecule has 0 atom stereocenters. The van der Waals surface area contributed by atoms with Crippen molar-refractivity contribution in [1.82, 2.24) is 19.9 Å². The molecule has 3 aromatic rings. The van der Waals surface area contributed by atoms with Gasteiger partial charge in [0.05, 0.1) is 22.8 Å². The smallest absolute Gasteiger partial charge is 0.303 e. The maximum absolute atomic E-state index is 11.5. The number of hydrogen-bond donors (Lipinski definition) is 4. The predicted octanol–water partition coefficient (Wildman–Crippen LogP) is 8.35. The molecule has 2 aliphatic rings. The lowest BCUT2D eigenvalue weighted by molar-refractivity contribution is -0.137. The van der Waals surface area contributed by atoms with Crippen molar-refractivity contribution < 1.29 is 19.8 Å². The zero-order chi connectivity index (χ0) is 30.3. The summed E-state index contributed by atoms with van der Waals surface area (Å²) in [6.07, 6.45) is 4.22. The van der Waals surface area contributed by atoms with Gasteiger partial charge in [-0.15, -0.1) is 24.8 Å². The molecule has 0 saturated carbocycles. The summed E-state index contributed by atoms with van der Waals surface area (Å²) in [7, 11) is 0. The predicted molar refractivity (Wildman–Crippen MR) is 183 cm³/mol. The Morgan fingerprint density at radius 1 is 0.705 bits per heavy atom. The lowest BCUT2D eigenvalue weighted by Crippen LogP contribution is -1.98. The number of fused-ring (bicyclic) bond motifs is 8. The molecule has 5 heterocycles. The van der Waals surface area contributed by atoms with Crippen LogP contribution in [0, 0.1) is 13.8 Å². The third kappa shape index (κ3) is 6.27. The van der Waals surface area contributed by atoms with Crippen molar-refractivity contribution in [3.8, 4) is 0 Å². The van der Waals surface area contributed by atoms with Gasteiger partial charge in [-0.2, -0.15) is 0 Å². The van der Waals surface area contributed by atoms with Crippen LogP contribution in [0.5, 0.6) is 0 Å². The number of aliphatic carboxylic acids is 2. The summed E-state index contributed by atoms with van der Waals surface area (Å²) >= 11 is 0. The summed E-state index contributed by atoms with van der Waals surface area (Å²) in [6, 6.07) is 7.88. The molecular formula is C34H36Cl2N4O4. The van der Waals surface area contributed by atoms with Crippen molar-refractivity contribution in [1.29, 1.82) is 0 Å². The highest BCUT2D eigenvalue weighted by molar-refractivity contribution is 5.98. The van der Waals surface area contributed by atoms with E-state index in [0.29, 0.717) is 18.5 Å². The van der Waals surface area contributed by atoms with Gasteiger partial charge in [-0.25, -0.2) is 9.97 Å². The van der Waals surface area contributed by atoms with E-state index in [1.54, 1.807) is 6.08 Å². The van der Waals surface area contributed by atoms with E-state index >= 15 is 0 Å². The number of halogens is 2. The van der Waals surface area contributed by atoms with Gasteiger partial charge in [0.2, 0.25) is 0 Å². The van der Waals surface area contributed by atoms with Gasteiger partial charge in [0.25, 0.3) is 0 Å². The number of hydrogen-bond acceptors (Lipinski definition) is 4. The van der Waals surface area contributed by atoms with Gasteiger partial charge >= 0.3 is 11.9 Å². The van der Waals surface area contributed by atoms with Crippen LogP contribution in [-0.2, 0) is 16.0 Å². The minimum atomic E-state index is -0.883. The van der Waals surface area contributed by atoms with Crippen molar-refractivity contribution in [3.05, 3.63) is 88.5 Å². The van der Waals surface area contributed by atoms with Gasteiger partial charge in [0, 0.05) is 46.0 Å². The van der Waals surface area contributed by atoms with Crippen molar-refractivity contribution in [2.75, 3.05) is 0 Å². The molecule has 0 aromatic carbocycles. The SMILES string of the molecule is C=CC1=C(C)c2cc3[nH]c(cc4nc(cc5[nH]c(cc1n2)c(C)c5CCC(=O)O)C(CCC(=O)O)=C4C)c(C)c3C=C.Cl.Cl. The number of aromatic amines is 2. The number of allylic oxidation sites excluding steroid dienone is 5. The fourth-order valence-electron chi connectivity index (χ4n) is 5.77. The van der Waals surface area contributed by atoms with Crippen LogP contribution in [0.2, 0.25) is 0 Å². The summed E-state index contributed by atoms with van der Waals surface area (Å²) in [5.41, 5.74) is 13.7. The molecule has 3 aromatic heterocycles. The van der Waals surface area contributed by atoms with E-state index in [1.165, 1.54) is 0 Å². The Morgan fingerprint density at radius 3 is 1.86 bits per heavy atom. The Morgan fingerprint density at radius 2 is 1.23 bits per heavy atom. The van der Waals surface area contributed by atoms with Crippen molar-refractivity contribution >= 4 is 87.2 Å². The Bertz CT molecular complexity index is 1930. The molecule has 0 fully saturated rings. The van der Waals surface area contributed by atoms with Crippen LogP contribution < -0.4 is 0 Å². The van der Waals surface area contributed by atoms with E-state index in [1.807, 2.05) is 58.0 Å². The van der Waals surface area contributed by atoms with Crippen molar-refractivity contribution in [2.45, 2.75) is 53.4 Å². The minimum absolute atomic E-state index is 0. The first kappa shape index (κ1) is 34.1. The second-order valence-electron chi connectivity index (χ2n) is 10.7. The lowest BCUT2D eigenvalue weighted by Gasteiger charge is -2.03. The number of nitrogens with one attached hydrogen (secondary N) is 2. The number of carbonyl (C=O) groups is 2. The summed E-state index contributed by atoms with van der Waals surface area (Å²) < 4.78 is 0. The minimum Gasteiger partial charge on any atom is -0.481 e. The number of carboxylic acid groups (broad SMARTS) is 2. The van der Waals surface area contributed by atoms with Gasteiger partial charge in [0.1, 0.15) is 0 Å². The topological polar surface area (TPSA) is 132 Å². The molecule has 230 valence electrons. The summed E-state index contributed by atoms with van der Waals surface area (Å²) in [6.45, 7) is 16.0. The van der Waals surface area contributed by atoms with Crippen LogP contribution >= 0.6 is 24.8 Å². The molecule has 0 saturated heterocycles. The van der Waals surface area contributed by atoms with Crippen LogP contribution in [-0.4, -0.2) is 42.1 Å². The number of H-pyrrole nitrogens is 2. The summed E-state index contributed by atoms with van der Waals surface area (Å²) in [5, 5.41) is 18.9. The zero-order valence-corrected chi connectivity index (χ0v) is 26.8. The van der Waals surface area contributed by atoms with E-state index < -0.39 is 11.9 Å². The molecule has 8 nitrogen and oxygen atoms in total. The van der Waals surface area contributed by atoms with Gasteiger partial charge < -0.3 is 20.2 Å². The molecule has 8 bridgehead atoms. The second kappa shape index (κ2) is 13.5. The maximum Gasteiger partial charge on any atom is 0.303 e. The molecule has 0 spiro atoms. The molecule has 44 heavy (non-hydrogen) atoms. The van der Waals surface area contributed by atoms with Crippen LogP contribution in [0.25, 0.3) is 50.4 Å². The van der Waals surface area contributed by atoms with E-state index in [9.17, 15) is 19.8 Å². The summed E-state index contributed by atoms with van der Waals surface area (Å²) in [4.78, 5) is 40.0. The molecule has 0 amide bonds. The van der Waals surface area contributed by atoms with Gasteiger partial charge in [-0.3, -0.25) is 9.59 Å². The van der Waals surface area contributed by atoms with Crippen LogP contribution in [0.4, 0.5) is 0 Å². The standard InChI is InChI=1S/C34H34N4O4.2ClH/c1-7-21-17(3)25-13-26-19(5)23(9-11-33(39)40)31(37-26)16-32-24(10-12-34(41)42)20(6)28(38-32)15-30-22(8-2)18(4)27(36-30)14-29(21)35-25;;/h7-8,13-16,35,38H,1-2,9-12H2,3-6H3,(H,39,40)(H,41,42);2*1H. The first-order chi connectivity index (χ1) is 20.0. The maximum atomic E-state index is 11.5. The largest absolute Gasteiger partial charge is 0.481 e. The molecule has 5 rings (SSSR count). The second-order valence-corrected chi connectivity index (χ2v) is 10.7. The fraction of sp³-hybridized carbons (Fsp3) is 0.235. The third-order valence-corrected chi connectivity index (χ3v) is 8.22. The van der Waals surface area contributed by atoms with Gasteiger partial charge in [-0.05, 0) is 98.2 Å². The number of carboxylic acids is 2. The number of aryl methyl sites for hydroxylation is 3. The number of rotatable bonds is 8. The highest BCUT2D eigenvalue weighted by Gasteiger charge is 2.20. The average molecular weight is 636 g/mol. The van der Waals surface area contributed by atoms with E-state index in [4.69, 9.17) is 9.97 Å². The molecule has 0 aliphatic carbocycles. The van der Waals surface area contributed by atoms with E-state index in [2.05, 4.69) is 23.1 Å². The molecule has 4 N–H and O–H groups in total. The third-order valence-electron chi connectivity index (χ3n) is 8.22. The Labute approximate surface area is 268 Å². The Kier molecular flexibility index (Phi) is 10.5. The molecular weight excluding hydrogens is 599 g/mol. The van der Waals surface area contributed by atoms with Gasteiger partial charge in [0.15, 0.2) is 0 Å². The lowest BCUT2D eigenvalue weighted by atomic mass is 10.0. The number of nitrogens with zero attached hydrogens (tertiary/aromatic N) is 2. The van der Waals surface area contributed by atoms with Gasteiger partial charge in [-0.1, -0.05) is 25.3 Å². The van der Waals surface area contributed by atoms with Crippen molar-refractivity contribution in [3.63, 3.8) is 0 Å². The first-order valence-electron chi connectivity index (χ1n) is 13.9. The molecule has 2 aliphatic heterocycles. The summed E-state index contributed by atoms with van der Waals surface area (Å²) in [5.74, 6) is -1.76. The zero-order valence-electron chi connectivity index (χ0n) is 25.1. The van der Waals surface area contributed by atoms with E-state index in [-0.39, 0.29) is 37.7 Å². The Balaban J connectivity index is 0.00000264. The molecule has 0 radical (unpaired) electrons. The first-order valence-corrected chi connectivity index (χ1v) is 13.9. The highest BCUT2D eigenvalue weighted by atomic mass is 35.5. The quantitative estimate of drug-likeness (QED) is 0.197. The van der Waals surface area contributed by atoms with Crippen molar-refractivity contribution in [2.24, 2.45) is 0 Å². The Hall–Kier alpha value is -4.40. The number of aromatic nitrogens is 4. The molecule has 10 heteroatoms. The van der Waals surface area contributed by atoms with Crippen LogP contribution in [0.15, 0.2) is 43.5 Å². The average Bonchev–Trinajstić information content (AvgIpc) is 3.59. The normalized spacial score (nSPS) is 12.5. The highest BCUT2D eigenvalue weighted by Crippen LogP contribution is 2.36. The van der Waals surface area contributed by atoms with Crippen LogP contribution in [0.3, 0.4) is 0 Å².